The molecule has 0 radical (unpaired) electrons. The fourth-order valence-electron chi connectivity index (χ4n) is 2.08. The highest BCUT2D eigenvalue weighted by molar-refractivity contribution is 7.15. The molecule has 0 spiro atoms. The van der Waals surface area contributed by atoms with Crippen LogP contribution in [-0.4, -0.2) is 22.0 Å². The fourth-order valence-corrected chi connectivity index (χ4v) is 3.08. The summed E-state index contributed by atoms with van der Waals surface area (Å²) in [5.41, 5.74) is 2.75. The number of ether oxygens (including phenoxy) is 1. The summed E-state index contributed by atoms with van der Waals surface area (Å²) in [6, 6.07) is 7.54. The minimum Gasteiger partial charge on any atom is -0.466 e. The van der Waals surface area contributed by atoms with Crippen molar-refractivity contribution >= 4 is 33.9 Å². The van der Waals surface area contributed by atoms with Crippen molar-refractivity contribution in [3.63, 3.8) is 0 Å². The van der Waals surface area contributed by atoms with Crippen molar-refractivity contribution in [2.75, 3.05) is 6.61 Å². The molecule has 2 aromatic heterocycles. The zero-order chi connectivity index (χ0) is 14.8. The maximum atomic E-state index is 11.6. The van der Waals surface area contributed by atoms with Crippen molar-refractivity contribution in [2.45, 2.75) is 13.3 Å². The first-order chi connectivity index (χ1) is 10.2. The molecule has 0 amide bonds. The molecular formula is C15H13ClN2O2S. The minimum atomic E-state index is -0.223. The molecule has 4 nitrogen and oxygen atoms in total. The lowest BCUT2D eigenvalue weighted by molar-refractivity contribution is -0.142. The number of halogens is 1. The molecule has 0 aliphatic rings. The highest BCUT2D eigenvalue weighted by atomic mass is 35.5. The Bertz CT molecular complexity index is 777. The van der Waals surface area contributed by atoms with E-state index in [1.165, 1.54) is 11.3 Å². The number of aromatic nitrogens is 2. The largest absolute Gasteiger partial charge is 0.466 e. The number of fused-ring (bicyclic) bond motifs is 1. The van der Waals surface area contributed by atoms with E-state index in [0.29, 0.717) is 11.6 Å². The standard InChI is InChI=1S/C15H13ClN2O2S/c1-2-20-14(19)7-12-9-21-15-17-13(8-18(12)15)10-3-5-11(16)6-4-10/h3-6,8-9H,2,7H2,1H3. The van der Waals surface area contributed by atoms with Gasteiger partial charge in [-0.2, -0.15) is 0 Å². The van der Waals surface area contributed by atoms with Gasteiger partial charge in [0.05, 0.1) is 18.7 Å². The zero-order valence-corrected chi connectivity index (χ0v) is 12.9. The number of carbonyl (C=O) groups excluding carboxylic acids is 1. The molecule has 0 bridgehead atoms. The number of rotatable bonds is 4. The lowest BCUT2D eigenvalue weighted by Gasteiger charge is -2.00. The molecule has 21 heavy (non-hydrogen) atoms. The molecule has 0 aliphatic carbocycles. The van der Waals surface area contributed by atoms with Crippen molar-refractivity contribution in [1.29, 1.82) is 0 Å². The number of hydrogen-bond donors (Lipinski definition) is 0. The molecule has 0 saturated heterocycles. The Kier molecular flexibility index (Phi) is 3.94. The van der Waals surface area contributed by atoms with Crippen molar-refractivity contribution in [1.82, 2.24) is 9.38 Å². The van der Waals surface area contributed by atoms with E-state index >= 15 is 0 Å². The topological polar surface area (TPSA) is 43.6 Å². The Morgan fingerprint density at radius 1 is 1.38 bits per heavy atom. The van der Waals surface area contributed by atoms with Crippen LogP contribution in [-0.2, 0) is 16.0 Å². The molecule has 0 unspecified atom stereocenters. The first-order valence-corrected chi connectivity index (χ1v) is 7.80. The van der Waals surface area contributed by atoms with Gasteiger partial charge in [-0.15, -0.1) is 11.3 Å². The number of nitrogens with zero attached hydrogens (tertiary/aromatic N) is 2. The Labute approximate surface area is 131 Å². The lowest BCUT2D eigenvalue weighted by Crippen LogP contribution is -2.08. The maximum Gasteiger partial charge on any atom is 0.311 e. The SMILES string of the molecule is CCOC(=O)Cc1csc2nc(-c3ccc(Cl)cc3)cn12. The van der Waals surface area contributed by atoms with E-state index in [4.69, 9.17) is 16.3 Å². The Morgan fingerprint density at radius 2 is 2.14 bits per heavy atom. The van der Waals surface area contributed by atoms with Gasteiger partial charge in [-0.3, -0.25) is 9.20 Å². The summed E-state index contributed by atoms with van der Waals surface area (Å²) in [5.74, 6) is -0.223. The van der Waals surface area contributed by atoms with Crippen LogP contribution in [0.15, 0.2) is 35.8 Å². The predicted molar refractivity (Wildman–Crippen MR) is 83.9 cm³/mol. The van der Waals surface area contributed by atoms with Crippen molar-refractivity contribution in [3.8, 4) is 11.3 Å². The molecule has 108 valence electrons. The molecule has 6 heteroatoms. The van der Waals surface area contributed by atoms with Crippen LogP contribution < -0.4 is 0 Å². The smallest absolute Gasteiger partial charge is 0.311 e. The number of thiazole rings is 1. The number of hydrogen-bond acceptors (Lipinski definition) is 4. The summed E-state index contributed by atoms with van der Waals surface area (Å²) in [6.45, 7) is 2.20. The van der Waals surface area contributed by atoms with Gasteiger partial charge in [-0.1, -0.05) is 23.7 Å². The lowest BCUT2D eigenvalue weighted by atomic mass is 10.2. The minimum absolute atomic E-state index is 0.223. The third-order valence-electron chi connectivity index (χ3n) is 3.05. The first-order valence-electron chi connectivity index (χ1n) is 6.54. The number of carbonyl (C=O) groups is 1. The van der Waals surface area contributed by atoms with Gasteiger partial charge in [0.2, 0.25) is 0 Å². The van der Waals surface area contributed by atoms with Crippen molar-refractivity contribution in [3.05, 3.63) is 46.6 Å². The number of imidazole rings is 1. The van der Waals surface area contributed by atoms with Gasteiger partial charge in [0.1, 0.15) is 0 Å². The Hall–Kier alpha value is -1.85. The van der Waals surface area contributed by atoms with Crippen LogP contribution in [0, 0.1) is 0 Å². The third kappa shape index (κ3) is 2.94. The predicted octanol–water partition coefficient (Wildman–Crippen LogP) is 3.82. The average molecular weight is 321 g/mol. The van der Waals surface area contributed by atoms with Crippen LogP contribution in [0.3, 0.4) is 0 Å². The molecule has 0 aliphatic heterocycles. The van der Waals surface area contributed by atoms with Gasteiger partial charge < -0.3 is 4.74 Å². The molecule has 0 saturated carbocycles. The molecule has 0 N–H and O–H groups in total. The number of benzene rings is 1. The van der Waals surface area contributed by atoms with Crippen molar-refractivity contribution in [2.24, 2.45) is 0 Å². The number of esters is 1. The monoisotopic (exact) mass is 320 g/mol. The van der Waals surface area contributed by atoms with Gasteiger partial charge in [0.25, 0.3) is 0 Å². The summed E-state index contributed by atoms with van der Waals surface area (Å²) in [5, 5.41) is 2.63. The maximum absolute atomic E-state index is 11.6. The van der Waals surface area contributed by atoms with Crippen LogP contribution >= 0.6 is 22.9 Å². The van der Waals surface area contributed by atoms with E-state index in [2.05, 4.69) is 4.98 Å². The van der Waals surface area contributed by atoms with Crippen molar-refractivity contribution < 1.29 is 9.53 Å². The van der Waals surface area contributed by atoms with E-state index in [0.717, 1.165) is 21.9 Å². The quantitative estimate of drug-likeness (QED) is 0.686. The van der Waals surface area contributed by atoms with Gasteiger partial charge in [-0.05, 0) is 19.1 Å². The second-order valence-corrected chi connectivity index (χ2v) is 5.77. The van der Waals surface area contributed by atoms with E-state index in [1.807, 2.05) is 40.2 Å². The van der Waals surface area contributed by atoms with Gasteiger partial charge >= 0.3 is 5.97 Å². The molecule has 0 fully saturated rings. The van der Waals surface area contributed by atoms with Crippen LogP contribution in [0.2, 0.25) is 5.02 Å². The van der Waals surface area contributed by atoms with Gasteiger partial charge in [-0.25, -0.2) is 4.98 Å². The molecule has 1 aromatic carbocycles. The zero-order valence-electron chi connectivity index (χ0n) is 11.4. The normalized spacial score (nSPS) is 11.0. The van der Waals surface area contributed by atoms with E-state index in [-0.39, 0.29) is 12.4 Å². The van der Waals surface area contributed by atoms with E-state index in [1.54, 1.807) is 6.92 Å². The summed E-state index contributed by atoms with van der Waals surface area (Å²) in [7, 11) is 0. The molecule has 3 aromatic rings. The molecular weight excluding hydrogens is 308 g/mol. The summed E-state index contributed by atoms with van der Waals surface area (Å²) >= 11 is 7.40. The van der Waals surface area contributed by atoms with E-state index in [9.17, 15) is 4.79 Å². The second-order valence-electron chi connectivity index (χ2n) is 4.49. The average Bonchev–Trinajstić information content (AvgIpc) is 3.02. The second kappa shape index (κ2) is 5.87. The summed E-state index contributed by atoms with van der Waals surface area (Å²) in [6.07, 6.45) is 2.19. The molecule has 2 heterocycles. The van der Waals surface area contributed by atoms with Crippen LogP contribution in [0.1, 0.15) is 12.6 Å². The van der Waals surface area contributed by atoms with Crippen LogP contribution in [0.25, 0.3) is 16.2 Å². The fraction of sp³-hybridized carbons (Fsp3) is 0.200. The van der Waals surface area contributed by atoms with Crippen LogP contribution in [0.5, 0.6) is 0 Å². The molecule has 3 rings (SSSR count). The Balaban J connectivity index is 1.92. The third-order valence-corrected chi connectivity index (χ3v) is 4.19. The summed E-state index contributed by atoms with van der Waals surface area (Å²) in [4.78, 5) is 17.0. The highest BCUT2D eigenvalue weighted by Gasteiger charge is 2.12. The van der Waals surface area contributed by atoms with E-state index < -0.39 is 0 Å². The summed E-state index contributed by atoms with van der Waals surface area (Å²) < 4.78 is 6.92. The van der Waals surface area contributed by atoms with Gasteiger partial charge in [0, 0.05) is 27.9 Å². The van der Waals surface area contributed by atoms with Crippen LogP contribution in [0.4, 0.5) is 0 Å². The molecule has 0 atom stereocenters. The first kappa shape index (κ1) is 14.1. The highest BCUT2D eigenvalue weighted by Crippen LogP contribution is 2.25. The Morgan fingerprint density at radius 3 is 2.86 bits per heavy atom. The van der Waals surface area contributed by atoms with Gasteiger partial charge in [0.15, 0.2) is 4.96 Å².